The first-order valence-corrected chi connectivity index (χ1v) is 14.0. The van der Waals surface area contributed by atoms with Gasteiger partial charge < -0.3 is 4.74 Å². The third-order valence-electron chi connectivity index (χ3n) is 6.58. The average Bonchev–Trinajstić information content (AvgIpc) is 2.91. The minimum atomic E-state index is 0.806. The van der Waals surface area contributed by atoms with E-state index in [0.29, 0.717) is 0 Å². The first-order chi connectivity index (χ1) is 17.7. The maximum Gasteiger partial charge on any atom is 0.119 e. The highest BCUT2D eigenvalue weighted by atomic mass is 16.5. The van der Waals surface area contributed by atoms with Crippen molar-refractivity contribution >= 4 is 12.2 Å². The van der Waals surface area contributed by atoms with Crippen molar-refractivity contribution in [2.45, 2.75) is 90.9 Å². The molecule has 0 radical (unpaired) electrons. The fourth-order valence-electron chi connectivity index (χ4n) is 4.28. The number of hydrogen-bond acceptors (Lipinski definition) is 3. The number of rotatable bonds is 17. The minimum absolute atomic E-state index is 0.806. The van der Waals surface area contributed by atoms with Gasteiger partial charge in [0, 0.05) is 12.4 Å². The Hall–Kier alpha value is -2.94. The molecule has 3 heteroatoms. The largest absolute Gasteiger partial charge is 0.494 e. The predicted molar refractivity (Wildman–Crippen MR) is 154 cm³/mol. The number of benzene rings is 1. The molecule has 0 bridgehead atoms. The van der Waals surface area contributed by atoms with E-state index in [1.807, 2.05) is 31.5 Å². The number of nitrogens with zero attached hydrogens (tertiary/aromatic N) is 2. The van der Waals surface area contributed by atoms with Crippen molar-refractivity contribution in [3.63, 3.8) is 0 Å². The highest BCUT2D eigenvalue weighted by molar-refractivity contribution is 5.70. The van der Waals surface area contributed by atoms with Crippen LogP contribution < -0.4 is 4.74 Å². The molecule has 2 heterocycles. The van der Waals surface area contributed by atoms with Crippen LogP contribution in [0.1, 0.15) is 101 Å². The molecular weight excluding hydrogens is 440 g/mol. The first-order valence-electron chi connectivity index (χ1n) is 14.0. The van der Waals surface area contributed by atoms with Crippen LogP contribution in [0.4, 0.5) is 0 Å². The van der Waals surface area contributed by atoms with Crippen LogP contribution >= 0.6 is 0 Å². The van der Waals surface area contributed by atoms with Crippen LogP contribution in [-0.2, 0) is 0 Å². The van der Waals surface area contributed by atoms with Crippen molar-refractivity contribution in [2.24, 2.45) is 0 Å². The number of hydrogen-bond donors (Lipinski definition) is 0. The quantitative estimate of drug-likeness (QED) is 0.179. The lowest BCUT2D eigenvalue weighted by Gasteiger charge is -2.07. The van der Waals surface area contributed by atoms with Gasteiger partial charge in [-0.2, -0.15) is 0 Å². The molecular formula is C33H44N2O. The Morgan fingerprint density at radius 3 is 1.67 bits per heavy atom. The van der Waals surface area contributed by atoms with Gasteiger partial charge in [0.1, 0.15) is 5.75 Å². The monoisotopic (exact) mass is 484 g/mol. The highest BCUT2D eigenvalue weighted by Gasteiger charge is 2.00. The molecule has 0 saturated heterocycles. The van der Waals surface area contributed by atoms with Crippen LogP contribution in [0, 0.1) is 6.92 Å². The molecule has 0 unspecified atom stereocenters. The molecule has 36 heavy (non-hydrogen) atoms. The van der Waals surface area contributed by atoms with E-state index in [1.54, 1.807) is 0 Å². The van der Waals surface area contributed by atoms with Gasteiger partial charge in [0.2, 0.25) is 0 Å². The number of ether oxygens (including phenoxy) is 1. The van der Waals surface area contributed by atoms with E-state index < -0.39 is 0 Å². The molecule has 3 nitrogen and oxygen atoms in total. The zero-order valence-electron chi connectivity index (χ0n) is 22.4. The van der Waals surface area contributed by atoms with Gasteiger partial charge in [-0.05, 0) is 54.3 Å². The second-order valence-electron chi connectivity index (χ2n) is 9.84. The Labute approximate surface area is 219 Å². The van der Waals surface area contributed by atoms with Gasteiger partial charge in [0.15, 0.2) is 0 Å². The van der Waals surface area contributed by atoms with Crippen molar-refractivity contribution in [1.29, 1.82) is 0 Å². The van der Waals surface area contributed by atoms with Crippen molar-refractivity contribution in [3.05, 3.63) is 77.6 Å². The standard InChI is InChI=1S/C33H44N2O/c1-3-4-5-6-7-8-9-10-11-12-13-14-25-36-31-21-18-29(19-22-31)16-17-30-20-24-33(35-27-30)32-23-15-28(2)26-34-32/h15-24,26-27H,3-14,25H2,1-2H3/b17-16+. The summed E-state index contributed by atoms with van der Waals surface area (Å²) in [5, 5.41) is 0. The Morgan fingerprint density at radius 2 is 1.11 bits per heavy atom. The zero-order chi connectivity index (χ0) is 25.3. The summed E-state index contributed by atoms with van der Waals surface area (Å²) in [6, 6.07) is 16.5. The SMILES string of the molecule is CCCCCCCCCCCCCCOc1ccc(/C=C/c2ccc(-c3ccc(C)cn3)nc2)cc1. The van der Waals surface area contributed by atoms with Crippen molar-refractivity contribution < 1.29 is 4.74 Å². The topological polar surface area (TPSA) is 35.0 Å². The molecule has 0 spiro atoms. The summed E-state index contributed by atoms with van der Waals surface area (Å²) < 4.78 is 5.94. The van der Waals surface area contributed by atoms with Crippen LogP contribution in [0.2, 0.25) is 0 Å². The molecule has 192 valence electrons. The first kappa shape index (κ1) is 27.6. The van der Waals surface area contributed by atoms with E-state index >= 15 is 0 Å². The van der Waals surface area contributed by atoms with E-state index in [2.05, 4.69) is 65.4 Å². The lowest BCUT2D eigenvalue weighted by molar-refractivity contribution is 0.304. The molecule has 0 saturated carbocycles. The van der Waals surface area contributed by atoms with Gasteiger partial charge in [-0.15, -0.1) is 0 Å². The fourth-order valence-corrected chi connectivity index (χ4v) is 4.28. The van der Waals surface area contributed by atoms with Gasteiger partial charge in [-0.3, -0.25) is 9.97 Å². The highest BCUT2D eigenvalue weighted by Crippen LogP contribution is 2.18. The van der Waals surface area contributed by atoms with Crippen LogP contribution in [-0.4, -0.2) is 16.6 Å². The molecule has 0 amide bonds. The Morgan fingerprint density at radius 1 is 0.583 bits per heavy atom. The fraction of sp³-hybridized carbons (Fsp3) is 0.455. The smallest absolute Gasteiger partial charge is 0.119 e. The molecule has 0 atom stereocenters. The van der Waals surface area contributed by atoms with Gasteiger partial charge >= 0.3 is 0 Å². The van der Waals surface area contributed by atoms with Crippen LogP contribution in [0.3, 0.4) is 0 Å². The number of unbranched alkanes of at least 4 members (excludes halogenated alkanes) is 11. The summed E-state index contributed by atoms with van der Waals surface area (Å²) in [4.78, 5) is 9.00. The van der Waals surface area contributed by atoms with E-state index in [4.69, 9.17) is 4.74 Å². The van der Waals surface area contributed by atoms with Crippen LogP contribution in [0.5, 0.6) is 5.75 Å². The Bertz CT molecular complexity index is 991. The molecule has 0 aliphatic rings. The van der Waals surface area contributed by atoms with Gasteiger partial charge in [-0.25, -0.2) is 0 Å². The van der Waals surface area contributed by atoms with Crippen molar-refractivity contribution in [1.82, 2.24) is 9.97 Å². The molecule has 0 aliphatic carbocycles. The molecule has 2 aromatic heterocycles. The predicted octanol–water partition coefficient (Wildman–Crippen LogP) is 9.70. The van der Waals surface area contributed by atoms with Crippen LogP contribution in [0.25, 0.3) is 23.5 Å². The van der Waals surface area contributed by atoms with Gasteiger partial charge in [0.25, 0.3) is 0 Å². The third-order valence-corrected chi connectivity index (χ3v) is 6.58. The second kappa shape index (κ2) is 16.7. The van der Waals surface area contributed by atoms with Crippen molar-refractivity contribution in [3.8, 4) is 17.1 Å². The maximum atomic E-state index is 5.94. The van der Waals surface area contributed by atoms with E-state index in [1.165, 1.54) is 70.6 Å². The summed E-state index contributed by atoms with van der Waals surface area (Å²) in [6.45, 7) is 5.13. The number of aryl methyl sites for hydroxylation is 1. The Balaban J connectivity index is 1.27. The molecule has 1 aromatic carbocycles. The lowest BCUT2D eigenvalue weighted by atomic mass is 10.1. The van der Waals surface area contributed by atoms with E-state index in [0.717, 1.165) is 46.9 Å². The van der Waals surface area contributed by atoms with E-state index in [9.17, 15) is 0 Å². The maximum absolute atomic E-state index is 5.94. The summed E-state index contributed by atoms with van der Waals surface area (Å²) in [7, 11) is 0. The summed E-state index contributed by atoms with van der Waals surface area (Å²) >= 11 is 0. The third kappa shape index (κ3) is 10.8. The van der Waals surface area contributed by atoms with Crippen LogP contribution in [0.15, 0.2) is 60.9 Å². The number of pyridine rings is 2. The molecule has 3 rings (SSSR count). The summed E-state index contributed by atoms with van der Waals surface area (Å²) in [6.07, 6.45) is 24.3. The summed E-state index contributed by atoms with van der Waals surface area (Å²) in [5.41, 5.74) is 5.16. The normalized spacial score (nSPS) is 11.3. The Kier molecular flexibility index (Phi) is 12.8. The zero-order valence-corrected chi connectivity index (χ0v) is 22.4. The lowest BCUT2D eigenvalue weighted by Crippen LogP contribution is -1.97. The molecule has 0 aliphatic heterocycles. The second-order valence-corrected chi connectivity index (χ2v) is 9.84. The van der Waals surface area contributed by atoms with Crippen molar-refractivity contribution in [2.75, 3.05) is 6.61 Å². The number of aromatic nitrogens is 2. The molecule has 0 fully saturated rings. The molecule has 0 N–H and O–H groups in total. The van der Waals surface area contributed by atoms with Gasteiger partial charge in [0.05, 0.1) is 18.0 Å². The average molecular weight is 485 g/mol. The minimum Gasteiger partial charge on any atom is -0.494 e. The van der Waals surface area contributed by atoms with E-state index in [-0.39, 0.29) is 0 Å². The van der Waals surface area contributed by atoms with Gasteiger partial charge in [-0.1, -0.05) is 114 Å². The summed E-state index contributed by atoms with van der Waals surface area (Å²) in [5.74, 6) is 0.951. The molecule has 3 aromatic rings.